The van der Waals surface area contributed by atoms with Gasteiger partial charge in [0.1, 0.15) is 16.9 Å². The Morgan fingerprint density at radius 1 is 1.33 bits per heavy atom. The predicted octanol–water partition coefficient (Wildman–Crippen LogP) is 2.60. The Kier molecular flexibility index (Phi) is 2.23. The molecule has 4 nitrogen and oxygen atoms in total. The average Bonchev–Trinajstić information content (AvgIpc) is 3.03. The maximum atomic E-state index is 12.8. The number of benzene rings is 1. The third-order valence-electron chi connectivity index (χ3n) is 3.29. The summed E-state index contributed by atoms with van der Waals surface area (Å²) < 4.78 is 17.9. The van der Waals surface area contributed by atoms with E-state index in [2.05, 4.69) is 5.16 Å². The summed E-state index contributed by atoms with van der Waals surface area (Å²) in [5, 5.41) is 13.0. The molecule has 0 atom stereocenters. The molecular weight excluding hydrogens is 237 g/mol. The molecule has 0 bridgehead atoms. The van der Waals surface area contributed by atoms with Crippen molar-refractivity contribution in [2.24, 2.45) is 0 Å². The summed E-state index contributed by atoms with van der Waals surface area (Å²) in [6.07, 6.45) is 1.16. The molecule has 92 valence electrons. The number of halogens is 1. The first-order chi connectivity index (χ1) is 8.62. The Morgan fingerprint density at radius 3 is 2.56 bits per heavy atom. The first-order valence-corrected chi connectivity index (χ1v) is 5.58. The fourth-order valence-corrected chi connectivity index (χ4v) is 1.96. The molecule has 0 saturated heterocycles. The lowest BCUT2D eigenvalue weighted by molar-refractivity contribution is -0.140. The highest BCUT2D eigenvalue weighted by atomic mass is 19.1. The summed E-state index contributed by atoms with van der Waals surface area (Å²) >= 11 is 0. The number of carbonyl (C=O) groups is 1. The molecule has 1 aromatic heterocycles. The van der Waals surface area contributed by atoms with Crippen LogP contribution in [0.15, 0.2) is 34.9 Å². The van der Waals surface area contributed by atoms with E-state index in [-0.39, 0.29) is 5.82 Å². The van der Waals surface area contributed by atoms with Crippen molar-refractivity contribution in [3.05, 3.63) is 41.8 Å². The van der Waals surface area contributed by atoms with Crippen LogP contribution in [0.1, 0.15) is 18.5 Å². The zero-order valence-corrected chi connectivity index (χ0v) is 9.39. The van der Waals surface area contributed by atoms with Crippen LogP contribution in [0.25, 0.3) is 11.3 Å². The largest absolute Gasteiger partial charge is 0.481 e. The van der Waals surface area contributed by atoms with Gasteiger partial charge in [0.15, 0.2) is 5.76 Å². The van der Waals surface area contributed by atoms with Crippen LogP contribution in [0, 0.1) is 5.82 Å². The van der Waals surface area contributed by atoms with Gasteiger partial charge in [0.05, 0.1) is 0 Å². The summed E-state index contributed by atoms with van der Waals surface area (Å²) in [5.41, 5.74) is 0.243. The van der Waals surface area contributed by atoms with Gasteiger partial charge >= 0.3 is 5.97 Å². The summed E-state index contributed by atoms with van der Waals surface area (Å²) in [4.78, 5) is 11.1. The molecule has 5 heteroatoms. The molecule has 2 aromatic rings. The molecule has 1 fully saturated rings. The molecular formula is C13H10FNO3. The molecule has 1 aromatic carbocycles. The van der Waals surface area contributed by atoms with Crippen LogP contribution >= 0.6 is 0 Å². The van der Waals surface area contributed by atoms with E-state index in [0.29, 0.717) is 29.9 Å². The Labute approximate surface area is 102 Å². The number of aliphatic carboxylic acids is 1. The molecule has 1 aliphatic rings. The molecule has 0 unspecified atom stereocenters. The van der Waals surface area contributed by atoms with Gasteiger partial charge in [0, 0.05) is 11.6 Å². The molecule has 0 radical (unpaired) electrons. The minimum Gasteiger partial charge on any atom is -0.481 e. The van der Waals surface area contributed by atoms with Crippen molar-refractivity contribution in [3.63, 3.8) is 0 Å². The van der Waals surface area contributed by atoms with Crippen LogP contribution in [-0.2, 0) is 10.2 Å². The topological polar surface area (TPSA) is 63.3 Å². The van der Waals surface area contributed by atoms with Crippen LogP contribution in [-0.4, -0.2) is 16.2 Å². The SMILES string of the molecule is O=C(O)C1(c2cc(-c3ccc(F)cc3)on2)CC1. The molecule has 1 aliphatic carbocycles. The highest BCUT2D eigenvalue weighted by molar-refractivity contribution is 5.84. The van der Waals surface area contributed by atoms with Crippen LogP contribution in [0.2, 0.25) is 0 Å². The second-order valence-corrected chi connectivity index (χ2v) is 4.47. The van der Waals surface area contributed by atoms with Gasteiger partial charge in [-0.25, -0.2) is 4.39 Å². The van der Waals surface area contributed by atoms with Gasteiger partial charge in [0.2, 0.25) is 0 Å². The van der Waals surface area contributed by atoms with Gasteiger partial charge < -0.3 is 9.63 Å². The van der Waals surface area contributed by atoms with E-state index in [1.54, 1.807) is 18.2 Å². The quantitative estimate of drug-likeness (QED) is 0.905. The molecule has 1 heterocycles. The average molecular weight is 247 g/mol. The Balaban J connectivity index is 1.95. The second kappa shape index (κ2) is 3.66. The first kappa shape index (κ1) is 11.0. The highest BCUT2D eigenvalue weighted by Gasteiger charge is 2.54. The maximum Gasteiger partial charge on any atom is 0.315 e. The van der Waals surface area contributed by atoms with Crippen molar-refractivity contribution in [2.75, 3.05) is 0 Å². The standard InChI is InChI=1S/C13H10FNO3/c14-9-3-1-8(2-4-9)10-7-11(15-18-10)13(5-6-13)12(16)17/h1-4,7H,5-6H2,(H,16,17). The van der Waals surface area contributed by atoms with Crippen molar-refractivity contribution >= 4 is 5.97 Å². The van der Waals surface area contributed by atoms with Crippen molar-refractivity contribution < 1.29 is 18.8 Å². The van der Waals surface area contributed by atoms with Crippen molar-refractivity contribution in [2.45, 2.75) is 18.3 Å². The van der Waals surface area contributed by atoms with E-state index in [9.17, 15) is 9.18 Å². The summed E-state index contributed by atoms with van der Waals surface area (Å²) in [6, 6.07) is 7.40. The highest BCUT2D eigenvalue weighted by Crippen LogP contribution is 2.48. The number of hydrogen-bond acceptors (Lipinski definition) is 3. The number of carboxylic acids is 1. The van der Waals surface area contributed by atoms with E-state index < -0.39 is 11.4 Å². The van der Waals surface area contributed by atoms with Crippen LogP contribution in [0.4, 0.5) is 4.39 Å². The van der Waals surface area contributed by atoms with Crippen molar-refractivity contribution in [1.82, 2.24) is 5.16 Å². The van der Waals surface area contributed by atoms with Crippen molar-refractivity contribution in [3.8, 4) is 11.3 Å². The number of nitrogens with zero attached hydrogens (tertiary/aromatic N) is 1. The molecule has 0 amide bonds. The maximum absolute atomic E-state index is 12.8. The zero-order valence-electron chi connectivity index (χ0n) is 9.39. The van der Waals surface area contributed by atoms with Crippen molar-refractivity contribution in [1.29, 1.82) is 0 Å². The second-order valence-electron chi connectivity index (χ2n) is 4.47. The lowest BCUT2D eigenvalue weighted by atomic mass is 10.0. The van der Waals surface area contributed by atoms with Gasteiger partial charge in [-0.15, -0.1) is 0 Å². The fourth-order valence-electron chi connectivity index (χ4n) is 1.96. The number of rotatable bonds is 3. The molecule has 1 N–H and O–H groups in total. The molecule has 1 saturated carbocycles. The number of hydrogen-bond donors (Lipinski definition) is 1. The fraction of sp³-hybridized carbons (Fsp3) is 0.231. The minimum atomic E-state index is -0.874. The van der Waals surface area contributed by atoms with Gasteiger partial charge in [-0.2, -0.15) is 0 Å². The smallest absolute Gasteiger partial charge is 0.315 e. The summed E-state index contributed by atoms with van der Waals surface area (Å²) in [6.45, 7) is 0. The van der Waals surface area contributed by atoms with Gasteiger partial charge in [-0.3, -0.25) is 4.79 Å². The third kappa shape index (κ3) is 1.59. The molecule has 18 heavy (non-hydrogen) atoms. The zero-order chi connectivity index (χ0) is 12.8. The lowest BCUT2D eigenvalue weighted by Crippen LogP contribution is -2.19. The first-order valence-electron chi connectivity index (χ1n) is 5.58. The van der Waals surface area contributed by atoms with Gasteiger partial charge in [0.25, 0.3) is 0 Å². The van der Waals surface area contributed by atoms with Crippen LogP contribution in [0.3, 0.4) is 0 Å². The van der Waals surface area contributed by atoms with Crippen LogP contribution in [0.5, 0.6) is 0 Å². The predicted molar refractivity (Wildman–Crippen MR) is 60.4 cm³/mol. The Hall–Kier alpha value is -2.17. The summed E-state index contributed by atoms with van der Waals surface area (Å²) in [7, 11) is 0. The Morgan fingerprint density at radius 2 is 2.00 bits per heavy atom. The van der Waals surface area contributed by atoms with E-state index >= 15 is 0 Å². The molecule has 3 rings (SSSR count). The Bertz CT molecular complexity index is 599. The summed E-state index contributed by atoms with van der Waals surface area (Å²) in [5.74, 6) is -0.748. The lowest BCUT2D eigenvalue weighted by Gasteiger charge is -2.02. The minimum absolute atomic E-state index is 0.331. The van der Waals surface area contributed by atoms with Crippen LogP contribution < -0.4 is 0 Å². The van der Waals surface area contributed by atoms with E-state index in [0.717, 1.165) is 0 Å². The van der Waals surface area contributed by atoms with E-state index in [4.69, 9.17) is 9.63 Å². The molecule has 0 spiro atoms. The third-order valence-corrected chi connectivity index (χ3v) is 3.29. The molecule has 0 aliphatic heterocycles. The number of carboxylic acid groups (broad SMARTS) is 1. The van der Waals surface area contributed by atoms with E-state index in [1.807, 2.05) is 0 Å². The van der Waals surface area contributed by atoms with Gasteiger partial charge in [-0.05, 0) is 37.1 Å². The van der Waals surface area contributed by atoms with E-state index in [1.165, 1.54) is 12.1 Å². The van der Waals surface area contributed by atoms with Gasteiger partial charge in [-0.1, -0.05) is 5.16 Å². The monoisotopic (exact) mass is 247 g/mol. The normalized spacial score (nSPS) is 16.5. The number of aromatic nitrogens is 1.